The van der Waals surface area contributed by atoms with Gasteiger partial charge in [-0.05, 0) is 12.8 Å². The number of hydrogen-bond acceptors (Lipinski definition) is 3. The normalized spacial score (nSPS) is 18.9. The summed E-state index contributed by atoms with van der Waals surface area (Å²) in [5.41, 5.74) is 0. The number of nitrogens with zero attached hydrogens (tertiary/aromatic N) is 1. The van der Waals surface area contributed by atoms with Crippen molar-refractivity contribution in [3.8, 4) is 12.3 Å². The number of likely N-dealkylation sites (tertiary alicyclic amines) is 1. The summed E-state index contributed by atoms with van der Waals surface area (Å²) in [6, 6.07) is 0. The summed E-state index contributed by atoms with van der Waals surface area (Å²) in [6.07, 6.45) is 6.33. The van der Waals surface area contributed by atoms with Gasteiger partial charge in [0.1, 0.15) is 0 Å². The Bertz CT molecular complexity index is 227. The van der Waals surface area contributed by atoms with E-state index in [1.807, 2.05) is 4.90 Å². The first-order valence-electron chi connectivity index (χ1n) is 4.83. The van der Waals surface area contributed by atoms with Gasteiger partial charge in [-0.15, -0.1) is 6.42 Å². The van der Waals surface area contributed by atoms with E-state index < -0.39 is 0 Å². The highest BCUT2D eigenvalue weighted by Gasteiger charge is 2.18. The molecule has 1 fully saturated rings. The SMILES string of the molecule is C#CCNC(=O)CN1CCC(O)CC1. The third-order valence-corrected chi connectivity index (χ3v) is 2.31. The molecule has 1 amide bonds. The monoisotopic (exact) mass is 196 g/mol. The Labute approximate surface area is 84.3 Å². The first kappa shape index (κ1) is 11.0. The molecule has 0 aliphatic carbocycles. The smallest absolute Gasteiger partial charge is 0.234 e. The lowest BCUT2D eigenvalue weighted by Crippen LogP contribution is -2.42. The van der Waals surface area contributed by atoms with E-state index in [0.717, 1.165) is 25.9 Å². The fourth-order valence-electron chi connectivity index (χ4n) is 1.49. The molecule has 4 heteroatoms. The second-order valence-corrected chi connectivity index (χ2v) is 3.49. The fourth-order valence-corrected chi connectivity index (χ4v) is 1.49. The summed E-state index contributed by atoms with van der Waals surface area (Å²) in [7, 11) is 0. The predicted octanol–water partition coefficient (Wildman–Crippen LogP) is -0.807. The molecule has 14 heavy (non-hydrogen) atoms. The average Bonchev–Trinajstić information content (AvgIpc) is 2.18. The van der Waals surface area contributed by atoms with E-state index in [4.69, 9.17) is 6.42 Å². The summed E-state index contributed by atoms with van der Waals surface area (Å²) in [6.45, 7) is 2.24. The van der Waals surface area contributed by atoms with Crippen LogP contribution in [0.25, 0.3) is 0 Å². The fraction of sp³-hybridized carbons (Fsp3) is 0.700. The van der Waals surface area contributed by atoms with Crippen molar-refractivity contribution in [2.75, 3.05) is 26.2 Å². The van der Waals surface area contributed by atoms with Crippen molar-refractivity contribution in [1.82, 2.24) is 10.2 Å². The van der Waals surface area contributed by atoms with Crippen LogP contribution in [-0.4, -0.2) is 48.2 Å². The molecule has 0 radical (unpaired) electrons. The van der Waals surface area contributed by atoms with Crippen LogP contribution in [0.15, 0.2) is 0 Å². The first-order chi connectivity index (χ1) is 6.72. The summed E-state index contributed by atoms with van der Waals surface area (Å²) < 4.78 is 0. The number of amides is 1. The first-order valence-corrected chi connectivity index (χ1v) is 4.83. The van der Waals surface area contributed by atoms with Gasteiger partial charge in [-0.2, -0.15) is 0 Å². The standard InChI is InChI=1S/C10H16N2O2/c1-2-5-11-10(14)8-12-6-3-9(13)4-7-12/h1,9,13H,3-8H2,(H,11,14). The van der Waals surface area contributed by atoms with E-state index in [1.165, 1.54) is 0 Å². The molecule has 1 aliphatic rings. The van der Waals surface area contributed by atoms with Gasteiger partial charge in [0, 0.05) is 13.1 Å². The second-order valence-electron chi connectivity index (χ2n) is 3.49. The summed E-state index contributed by atoms with van der Waals surface area (Å²) in [4.78, 5) is 13.3. The Morgan fingerprint density at radius 2 is 2.21 bits per heavy atom. The zero-order valence-corrected chi connectivity index (χ0v) is 8.20. The number of piperidine rings is 1. The molecule has 4 nitrogen and oxygen atoms in total. The maximum atomic E-state index is 11.2. The molecule has 1 aliphatic heterocycles. The maximum Gasteiger partial charge on any atom is 0.234 e. The number of carbonyl (C=O) groups excluding carboxylic acids is 1. The van der Waals surface area contributed by atoms with Crippen LogP contribution in [0, 0.1) is 12.3 Å². The Morgan fingerprint density at radius 3 is 2.79 bits per heavy atom. The predicted molar refractivity (Wildman–Crippen MR) is 53.5 cm³/mol. The number of aliphatic hydroxyl groups is 1. The minimum atomic E-state index is -0.194. The molecule has 2 N–H and O–H groups in total. The van der Waals surface area contributed by atoms with Crippen LogP contribution in [0.3, 0.4) is 0 Å². The number of rotatable bonds is 3. The largest absolute Gasteiger partial charge is 0.393 e. The third kappa shape index (κ3) is 3.77. The van der Waals surface area contributed by atoms with Crippen molar-refractivity contribution in [2.45, 2.75) is 18.9 Å². The molecule has 0 bridgehead atoms. The third-order valence-electron chi connectivity index (χ3n) is 2.31. The molecule has 78 valence electrons. The topological polar surface area (TPSA) is 52.6 Å². The molecule has 0 spiro atoms. The lowest BCUT2D eigenvalue weighted by Gasteiger charge is -2.28. The van der Waals surface area contributed by atoms with Gasteiger partial charge in [-0.3, -0.25) is 9.69 Å². The number of nitrogens with one attached hydrogen (secondary N) is 1. The molecule has 0 aromatic heterocycles. The summed E-state index contributed by atoms with van der Waals surface area (Å²) in [5.74, 6) is 2.31. The van der Waals surface area contributed by atoms with Crippen molar-refractivity contribution in [3.05, 3.63) is 0 Å². The van der Waals surface area contributed by atoms with Crippen LogP contribution >= 0.6 is 0 Å². The van der Waals surface area contributed by atoms with Crippen molar-refractivity contribution < 1.29 is 9.90 Å². The number of carbonyl (C=O) groups is 1. The highest BCUT2D eigenvalue weighted by atomic mass is 16.3. The average molecular weight is 196 g/mol. The van der Waals surface area contributed by atoms with Gasteiger partial charge in [-0.1, -0.05) is 5.92 Å². The van der Waals surface area contributed by atoms with Crippen LogP contribution < -0.4 is 5.32 Å². The number of terminal acetylenes is 1. The molecule has 0 saturated carbocycles. The van der Waals surface area contributed by atoms with Gasteiger partial charge in [0.15, 0.2) is 0 Å². The van der Waals surface area contributed by atoms with Crippen molar-refractivity contribution in [3.63, 3.8) is 0 Å². The molecule has 1 heterocycles. The zero-order chi connectivity index (χ0) is 10.4. The van der Waals surface area contributed by atoms with E-state index >= 15 is 0 Å². The molecular formula is C10H16N2O2. The van der Waals surface area contributed by atoms with E-state index in [-0.39, 0.29) is 18.6 Å². The van der Waals surface area contributed by atoms with Crippen molar-refractivity contribution in [1.29, 1.82) is 0 Å². The van der Waals surface area contributed by atoms with Gasteiger partial charge in [0.05, 0.1) is 19.2 Å². The highest BCUT2D eigenvalue weighted by Crippen LogP contribution is 2.08. The van der Waals surface area contributed by atoms with Crippen LogP contribution in [0.1, 0.15) is 12.8 Å². The second kappa shape index (κ2) is 5.63. The molecule has 1 rings (SSSR count). The van der Waals surface area contributed by atoms with E-state index in [9.17, 15) is 9.90 Å². The number of aliphatic hydroxyl groups excluding tert-OH is 1. The van der Waals surface area contributed by atoms with Crippen LogP contribution in [0.2, 0.25) is 0 Å². The van der Waals surface area contributed by atoms with Gasteiger partial charge < -0.3 is 10.4 Å². The lowest BCUT2D eigenvalue weighted by molar-refractivity contribution is -0.122. The van der Waals surface area contributed by atoms with E-state index in [1.54, 1.807) is 0 Å². The van der Waals surface area contributed by atoms with E-state index in [0.29, 0.717) is 6.54 Å². The highest BCUT2D eigenvalue weighted by molar-refractivity contribution is 5.78. The van der Waals surface area contributed by atoms with Gasteiger partial charge in [0.2, 0.25) is 5.91 Å². The molecular weight excluding hydrogens is 180 g/mol. The lowest BCUT2D eigenvalue weighted by atomic mass is 10.1. The van der Waals surface area contributed by atoms with Crippen LogP contribution in [0.4, 0.5) is 0 Å². The summed E-state index contributed by atoms with van der Waals surface area (Å²) in [5, 5.41) is 11.9. The minimum Gasteiger partial charge on any atom is -0.393 e. The molecule has 0 atom stereocenters. The minimum absolute atomic E-state index is 0.0423. The van der Waals surface area contributed by atoms with Crippen molar-refractivity contribution >= 4 is 5.91 Å². The van der Waals surface area contributed by atoms with Gasteiger partial charge in [0.25, 0.3) is 0 Å². The molecule has 0 aromatic carbocycles. The van der Waals surface area contributed by atoms with E-state index in [2.05, 4.69) is 11.2 Å². The van der Waals surface area contributed by atoms with Crippen LogP contribution in [-0.2, 0) is 4.79 Å². The van der Waals surface area contributed by atoms with Crippen LogP contribution in [0.5, 0.6) is 0 Å². The zero-order valence-electron chi connectivity index (χ0n) is 8.20. The Morgan fingerprint density at radius 1 is 1.57 bits per heavy atom. The Kier molecular flexibility index (Phi) is 4.44. The summed E-state index contributed by atoms with van der Waals surface area (Å²) >= 11 is 0. The molecule has 1 saturated heterocycles. The number of hydrogen-bond donors (Lipinski definition) is 2. The molecule has 0 unspecified atom stereocenters. The van der Waals surface area contributed by atoms with Gasteiger partial charge >= 0.3 is 0 Å². The molecule has 0 aromatic rings. The maximum absolute atomic E-state index is 11.2. The van der Waals surface area contributed by atoms with Gasteiger partial charge in [-0.25, -0.2) is 0 Å². The quantitative estimate of drug-likeness (QED) is 0.581. The van der Waals surface area contributed by atoms with Crippen molar-refractivity contribution in [2.24, 2.45) is 0 Å². The Hall–Kier alpha value is -1.05. The Balaban J connectivity index is 2.18.